The first-order valence-corrected chi connectivity index (χ1v) is 7.89. The molecule has 0 unspecified atom stereocenters. The number of carbonyl (C=O) groups is 1. The van der Waals surface area contributed by atoms with Gasteiger partial charge in [0, 0.05) is 19.0 Å². The fourth-order valence-corrected chi connectivity index (χ4v) is 2.64. The van der Waals surface area contributed by atoms with E-state index in [0.717, 1.165) is 50.2 Å². The summed E-state index contributed by atoms with van der Waals surface area (Å²) in [5, 5.41) is 10.9. The van der Waals surface area contributed by atoms with Crippen LogP contribution < -0.4 is 10.1 Å². The molecule has 8 heteroatoms. The number of ether oxygens (including phenoxy) is 1. The summed E-state index contributed by atoms with van der Waals surface area (Å²) in [5.41, 5.74) is 0. The number of aryl methyl sites for hydroxylation is 1. The van der Waals surface area contributed by atoms with Crippen molar-refractivity contribution in [3.63, 3.8) is 0 Å². The number of nitrogens with one attached hydrogen (secondary N) is 1. The standard InChI is InChI=1S/C16H18F2N4O2/c17-11-5-6-13(12(18)8-11)24-10-16(23)19-9-15-21-20-14-4-2-1-3-7-22(14)15/h5-6,8H,1-4,7,9-10H2,(H,19,23). The van der Waals surface area contributed by atoms with Gasteiger partial charge in [0.1, 0.15) is 11.6 Å². The molecule has 1 N–H and O–H groups in total. The van der Waals surface area contributed by atoms with Crippen LogP contribution in [0, 0.1) is 11.6 Å². The van der Waals surface area contributed by atoms with Crippen LogP contribution in [-0.2, 0) is 24.3 Å². The summed E-state index contributed by atoms with van der Waals surface area (Å²) >= 11 is 0. The number of halogens is 2. The first-order chi connectivity index (χ1) is 11.6. The van der Waals surface area contributed by atoms with Gasteiger partial charge in [0.05, 0.1) is 6.54 Å². The highest BCUT2D eigenvalue weighted by molar-refractivity contribution is 5.77. The second-order valence-electron chi connectivity index (χ2n) is 5.63. The normalized spacial score (nSPS) is 13.9. The van der Waals surface area contributed by atoms with Gasteiger partial charge in [0.15, 0.2) is 24.0 Å². The van der Waals surface area contributed by atoms with Gasteiger partial charge in [0.2, 0.25) is 0 Å². The van der Waals surface area contributed by atoms with Gasteiger partial charge in [-0.3, -0.25) is 4.79 Å². The van der Waals surface area contributed by atoms with Gasteiger partial charge in [-0.2, -0.15) is 0 Å². The Kier molecular flexibility index (Phi) is 5.02. The lowest BCUT2D eigenvalue weighted by molar-refractivity contribution is -0.123. The van der Waals surface area contributed by atoms with E-state index in [1.807, 2.05) is 4.57 Å². The third-order valence-electron chi connectivity index (χ3n) is 3.88. The molecule has 0 fully saturated rings. The molecule has 128 valence electrons. The lowest BCUT2D eigenvalue weighted by atomic mass is 10.2. The van der Waals surface area contributed by atoms with E-state index in [0.29, 0.717) is 11.9 Å². The minimum absolute atomic E-state index is 0.164. The van der Waals surface area contributed by atoms with E-state index in [-0.39, 0.29) is 18.9 Å². The van der Waals surface area contributed by atoms with Gasteiger partial charge >= 0.3 is 0 Å². The number of aromatic nitrogens is 3. The molecule has 3 rings (SSSR count). The number of carbonyl (C=O) groups excluding carboxylic acids is 1. The van der Waals surface area contributed by atoms with Gasteiger partial charge in [-0.25, -0.2) is 8.78 Å². The first-order valence-electron chi connectivity index (χ1n) is 7.89. The molecule has 0 bridgehead atoms. The Labute approximate surface area is 137 Å². The maximum Gasteiger partial charge on any atom is 0.258 e. The predicted molar refractivity (Wildman–Crippen MR) is 81.3 cm³/mol. The second-order valence-corrected chi connectivity index (χ2v) is 5.63. The fraction of sp³-hybridized carbons (Fsp3) is 0.438. The Bertz CT molecular complexity index is 733. The molecule has 2 aromatic rings. The van der Waals surface area contributed by atoms with E-state index in [1.54, 1.807) is 0 Å². The zero-order valence-corrected chi connectivity index (χ0v) is 13.1. The quantitative estimate of drug-likeness (QED) is 0.906. The maximum atomic E-state index is 13.4. The molecule has 1 aliphatic rings. The second kappa shape index (κ2) is 7.37. The van der Waals surface area contributed by atoms with E-state index in [4.69, 9.17) is 4.74 Å². The third kappa shape index (κ3) is 3.87. The molecular formula is C16H18F2N4O2. The van der Waals surface area contributed by atoms with E-state index in [1.165, 1.54) is 0 Å². The van der Waals surface area contributed by atoms with Crippen molar-refractivity contribution in [1.29, 1.82) is 0 Å². The van der Waals surface area contributed by atoms with Crippen LogP contribution in [0.2, 0.25) is 0 Å². The highest BCUT2D eigenvalue weighted by Crippen LogP contribution is 2.17. The fourth-order valence-electron chi connectivity index (χ4n) is 2.64. The van der Waals surface area contributed by atoms with Crippen molar-refractivity contribution >= 4 is 5.91 Å². The molecule has 0 saturated heterocycles. The molecule has 2 heterocycles. The van der Waals surface area contributed by atoms with Crippen LogP contribution >= 0.6 is 0 Å². The molecule has 1 aliphatic heterocycles. The Balaban J connectivity index is 1.52. The van der Waals surface area contributed by atoms with Crippen LogP contribution in [0.15, 0.2) is 18.2 Å². The van der Waals surface area contributed by atoms with Crippen molar-refractivity contribution in [2.24, 2.45) is 0 Å². The predicted octanol–water partition coefficient (Wildman–Crippen LogP) is 1.98. The number of nitrogens with zero attached hydrogens (tertiary/aromatic N) is 3. The van der Waals surface area contributed by atoms with Crippen LogP contribution in [0.1, 0.15) is 30.9 Å². The summed E-state index contributed by atoms with van der Waals surface area (Å²) in [6.45, 7) is 0.732. The molecule has 1 amide bonds. The van der Waals surface area contributed by atoms with Gasteiger partial charge in [-0.05, 0) is 25.0 Å². The summed E-state index contributed by atoms with van der Waals surface area (Å²) in [4.78, 5) is 11.8. The minimum atomic E-state index is -0.842. The van der Waals surface area contributed by atoms with Crippen molar-refractivity contribution < 1.29 is 18.3 Å². The molecule has 0 radical (unpaired) electrons. The average molecular weight is 336 g/mol. The van der Waals surface area contributed by atoms with Crippen molar-refractivity contribution in [2.45, 2.75) is 38.8 Å². The molecule has 1 aromatic heterocycles. The lowest BCUT2D eigenvalue weighted by Crippen LogP contribution is -2.29. The first kappa shape index (κ1) is 16.4. The maximum absolute atomic E-state index is 13.4. The summed E-state index contributed by atoms with van der Waals surface area (Å²) in [7, 11) is 0. The van der Waals surface area contributed by atoms with Crippen molar-refractivity contribution in [2.75, 3.05) is 6.61 Å². The monoisotopic (exact) mass is 336 g/mol. The summed E-state index contributed by atoms with van der Waals surface area (Å²) in [6, 6.07) is 2.93. The smallest absolute Gasteiger partial charge is 0.258 e. The van der Waals surface area contributed by atoms with E-state index in [9.17, 15) is 13.6 Å². The van der Waals surface area contributed by atoms with Crippen LogP contribution in [-0.4, -0.2) is 27.3 Å². The van der Waals surface area contributed by atoms with E-state index in [2.05, 4.69) is 15.5 Å². The Hall–Kier alpha value is -2.51. The van der Waals surface area contributed by atoms with Crippen molar-refractivity contribution in [3.05, 3.63) is 41.5 Å². The number of amides is 1. The molecule has 0 atom stereocenters. The van der Waals surface area contributed by atoms with Gasteiger partial charge in [-0.15, -0.1) is 10.2 Å². The summed E-state index contributed by atoms with van der Waals surface area (Å²) in [6.07, 6.45) is 4.22. The minimum Gasteiger partial charge on any atom is -0.481 e. The highest BCUT2D eigenvalue weighted by atomic mass is 19.1. The third-order valence-corrected chi connectivity index (χ3v) is 3.88. The summed E-state index contributed by atoms with van der Waals surface area (Å²) < 4.78 is 33.3. The summed E-state index contributed by atoms with van der Waals surface area (Å²) in [5.74, 6) is -0.468. The van der Waals surface area contributed by atoms with Crippen molar-refractivity contribution in [1.82, 2.24) is 20.1 Å². The van der Waals surface area contributed by atoms with Crippen LogP contribution in [0.25, 0.3) is 0 Å². The highest BCUT2D eigenvalue weighted by Gasteiger charge is 2.15. The zero-order valence-electron chi connectivity index (χ0n) is 13.1. The number of fused-ring (bicyclic) bond motifs is 1. The van der Waals surface area contributed by atoms with E-state index < -0.39 is 17.5 Å². The van der Waals surface area contributed by atoms with Crippen molar-refractivity contribution in [3.8, 4) is 5.75 Å². The van der Waals surface area contributed by atoms with Gasteiger partial charge in [-0.1, -0.05) is 6.42 Å². The molecule has 0 saturated carbocycles. The number of benzene rings is 1. The average Bonchev–Trinajstić information content (AvgIpc) is 2.78. The van der Waals surface area contributed by atoms with Gasteiger partial charge in [0.25, 0.3) is 5.91 Å². The number of hydrogen-bond donors (Lipinski definition) is 1. The largest absolute Gasteiger partial charge is 0.481 e. The van der Waals surface area contributed by atoms with E-state index >= 15 is 0 Å². The topological polar surface area (TPSA) is 69.0 Å². The SMILES string of the molecule is O=C(COc1ccc(F)cc1F)NCc1nnc2n1CCCCC2. The molecule has 0 aliphatic carbocycles. The lowest BCUT2D eigenvalue weighted by Gasteiger charge is -2.09. The van der Waals surface area contributed by atoms with Crippen LogP contribution in [0.5, 0.6) is 5.75 Å². The number of hydrogen-bond acceptors (Lipinski definition) is 4. The zero-order chi connectivity index (χ0) is 16.9. The molecule has 6 nitrogen and oxygen atoms in total. The van der Waals surface area contributed by atoms with Crippen LogP contribution in [0.4, 0.5) is 8.78 Å². The molecular weight excluding hydrogens is 318 g/mol. The van der Waals surface area contributed by atoms with Crippen LogP contribution in [0.3, 0.4) is 0 Å². The number of rotatable bonds is 5. The Morgan fingerprint density at radius 1 is 1.25 bits per heavy atom. The molecule has 24 heavy (non-hydrogen) atoms. The van der Waals surface area contributed by atoms with Gasteiger partial charge < -0.3 is 14.6 Å². The molecule has 0 spiro atoms. The molecule has 1 aromatic carbocycles. The Morgan fingerprint density at radius 3 is 2.96 bits per heavy atom. The Morgan fingerprint density at radius 2 is 2.12 bits per heavy atom.